The maximum atomic E-state index is 12.1. The van der Waals surface area contributed by atoms with Crippen LogP contribution < -0.4 is 4.74 Å². The largest absolute Gasteiger partial charge is 0.484 e. The van der Waals surface area contributed by atoms with Crippen LogP contribution in [0.5, 0.6) is 5.75 Å². The first-order valence-electron chi connectivity index (χ1n) is 7.00. The van der Waals surface area contributed by atoms with Crippen molar-refractivity contribution in [3.63, 3.8) is 0 Å². The normalized spacial score (nSPS) is 20.4. The number of carbonyl (C=O) groups excluding carboxylic acids is 1. The van der Waals surface area contributed by atoms with Gasteiger partial charge < -0.3 is 14.7 Å². The fourth-order valence-corrected chi connectivity index (χ4v) is 3.93. The van der Waals surface area contributed by atoms with E-state index in [0.29, 0.717) is 17.4 Å². The second-order valence-electron chi connectivity index (χ2n) is 5.29. The summed E-state index contributed by atoms with van der Waals surface area (Å²) in [7, 11) is 0. The van der Waals surface area contributed by atoms with Crippen molar-refractivity contribution < 1.29 is 19.4 Å². The van der Waals surface area contributed by atoms with Crippen LogP contribution in [0.1, 0.15) is 17.5 Å². The standard InChI is InChI=1S/C15H17NO4S/c17-14(16-9-21-8-13(16)15(18)19)7-20-12-5-4-10-2-1-3-11(10)6-12/h4-6,13H,1-3,7-9H2,(H,18,19). The zero-order chi connectivity index (χ0) is 14.8. The lowest BCUT2D eigenvalue weighted by Crippen LogP contribution is -2.43. The number of fused-ring (bicyclic) bond motifs is 1. The molecular weight excluding hydrogens is 290 g/mol. The average molecular weight is 307 g/mol. The summed E-state index contributed by atoms with van der Waals surface area (Å²) in [5.41, 5.74) is 2.65. The highest BCUT2D eigenvalue weighted by Crippen LogP contribution is 2.26. The van der Waals surface area contributed by atoms with Gasteiger partial charge >= 0.3 is 5.97 Å². The molecule has 1 aromatic rings. The molecule has 0 radical (unpaired) electrons. The Balaban J connectivity index is 1.60. The molecule has 1 heterocycles. The van der Waals surface area contributed by atoms with E-state index in [4.69, 9.17) is 9.84 Å². The molecule has 1 saturated heterocycles. The van der Waals surface area contributed by atoms with Crippen molar-refractivity contribution in [3.05, 3.63) is 29.3 Å². The Kier molecular flexibility index (Phi) is 4.05. The molecule has 1 N–H and O–H groups in total. The minimum absolute atomic E-state index is 0.108. The highest BCUT2D eigenvalue weighted by atomic mass is 32.2. The summed E-state index contributed by atoms with van der Waals surface area (Å²) in [6, 6.07) is 5.19. The van der Waals surface area contributed by atoms with Crippen molar-refractivity contribution >= 4 is 23.6 Å². The van der Waals surface area contributed by atoms with E-state index in [0.717, 1.165) is 12.8 Å². The molecule has 1 unspecified atom stereocenters. The summed E-state index contributed by atoms with van der Waals surface area (Å²) in [5, 5.41) is 9.08. The van der Waals surface area contributed by atoms with E-state index < -0.39 is 12.0 Å². The predicted octanol–water partition coefficient (Wildman–Crippen LogP) is 1.54. The first-order valence-corrected chi connectivity index (χ1v) is 8.15. The van der Waals surface area contributed by atoms with Gasteiger partial charge in [0.15, 0.2) is 6.61 Å². The van der Waals surface area contributed by atoms with Gasteiger partial charge in [0.1, 0.15) is 11.8 Å². The number of hydrogen-bond acceptors (Lipinski definition) is 4. The number of carboxylic acid groups (broad SMARTS) is 1. The van der Waals surface area contributed by atoms with E-state index in [1.165, 1.54) is 34.2 Å². The molecule has 0 aromatic heterocycles. The molecule has 21 heavy (non-hydrogen) atoms. The van der Waals surface area contributed by atoms with E-state index in [1.54, 1.807) is 0 Å². The Bertz CT molecular complexity index is 575. The van der Waals surface area contributed by atoms with Gasteiger partial charge in [-0.15, -0.1) is 11.8 Å². The lowest BCUT2D eigenvalue weighted by molar-refractivity contribution is -0.148. The second kappa shape index (κ2) is 5.97. The van der Waals surface area contributed by atoms with Crippen LogP contribution in [-0.2, 0) is 22.4 Å². The van der Waals surface area contributed by atoms with Crippen molar-refractivity contribution in [3.8, 4) is 5.75 Å². The first kappa shape index (κ1) is 14.3. The second-order valence-corrected chi connectivity index (χ2v) is 6.29. The molecule has 1 atom stereocenters. The number of thioether (sulfide) groups is 1. The molecule has 112 valence electrons. The third kappa shape index (κ3) is 3.00. The fourth-order valence-electron chi connectivity index (χ4n) is 2.76. The number of amides is 1. The summed E-state index contributed by atoms with van der Waals surface area (Å²) in [5.74, 6) is 0.324. The van der Waals surface area contributed by atoms with Gasteiger partial charge in [0.2, 0.25) is 0 Å². The zero-order valence-corrected chi connectivity index (χ0v) is 12.4. The molecule has 6 heteroatoms. The van der Waals surface area contributed by atoms with E-state index in [1.807, 2.05) is 18.2 Å². The molecule has 5 nitrogen and oxygen atoms in total. The van der Waals surface area contributed by atoms with Gasteiger partial charge in [0.25, 0.3) is 5.91 Å². The van der Waals surface area contributed by atoms with Crippen molar-refractivity contribution in [2.45, 2.75) is 25.3 Å². The van der Waals surface area contributed by atoms with Crippen LogP contribution in [0.3, 0.4) is 0 Å². The summed E-state index contributed by atoms with van der Waals surface area (Å²) in [6.07, 6.45) is 3.34. The summed E-state index contributed by atoms with van der Waals surface area (Å²) >= 11 is 1.45. The molecule has 1 amide bonds. The van der Waals surface area contributed by atoms with Crippen molar-refractivity contribution in [1.82, 2.24) is 4.90 Å². The van der Waals surface area contributed by atoms with Gasteiger partial charge in [-0.25, -0.2) is 4.79 Å². The maximum absolute atomic E-state index is 12.1. The number of hydrogen-bond donors (Lipinski definition) is 1. The monoisotopic (exact) mass is 307 g/mol. The van der Waals surface area contributed by atoms with Crippen LogP contribution in [0.2, 0.25) is 0 Å². The molecule has 1 aliphatic heterocycles. The number of nitrogens with zero attached hydrogens (tertiary/aromatic N) is 1. The highest BCUT2D eigenvalue weighted by molar-refractivity contribution is 7.99. The topological polar surface area (TPSA) is 66.8 Å². The quantitative estimate of drug-likeness (QED) is 0.914. The Labute approximate surface area is 127 Å². The molecule has 1 fully saturated rings. The lowest BCUT2D eigenvalue weighted by atomic mass is 10.1. The predicted molar refractivity (Wildman–Crippen MR) is 79.6 cm³/mol. The molecule has 0 saturated carbocycles. The SMILES string of the molecule is O=C(O)C1CSCN1C(=O)COc1ccc2c(c1)CCC2. The van der Waals surface area contributed by atoms with Crippen molar-refractivity contribution in [2.75, 3.05) is 18.2 Å². The molecule has 0 bridgehead atoms. The Morgan fingerprint density at radius 2 is 2.14 bits per heavy atom. The van der Waals surface area contributed by atoms with Crippen LogP contribution in [0.25, 0.3) is 0 Å². The molecule has 0 spiro atoms. The van der Waals surface area contributed by atoms with Crippen molar-refractivity contribution in [2.24, 2.45) is 0 Å². The zero-order valence-electron chi connectivity index (χ0n) is 11.6. The minimum atomic E-state index is -0.953. The fraction of sp³-hybridized carbons (Fsp3) is 0.467. The number of benzene rings is 1. The minimum Gasteiger partial charge on any atom is -0.484 e. The first-order chi connectivity index (χ1) is 10.1. The van der Waals surface area contributed by atoms with Gasteiger partial charge in [-0.2, -0.15) is 0 Å². The smallest absolute Gasteiger partial charge is 0.327 e. The lowest BCUT2D eigenvalue weighted by Gasteiger charge is -2.20. The number of carbonyl (C=O) groups is 2. The van der Waals surface area contributed by atoms with E-state index >= 15 is 0 Å². The number of carboxylic acids is 1. The number of rotatable bonds is 4. The Hall–Kier alpha value is -1.69. The summed E-state index contributed by atoms with van der Waals surface area (Å²) < 4.78 is 5.54. The van der Waals surface area contributed by atoms with Crippen LogP contribution >= 0.6 is 11.8 Å². The molecule has 2 aliphatic rings. The summed E-state index contributed by atoms with van der Waals surface area (Å²) in [6.45, 7) is -0.108. The third-order valence-corrected chi connectivity index (χ3v) is 4.93. The number of ether oxygens (including phenoxy) is 1. The Morgan fingerprint density at radius 1 is 1.33 bits per heavy atom. The van der Waals surface area contributed by atoms with E-state index in [9.17, 15) is 9.59 Å². The Morgan fingerprint density at radius 3 is 2.95 bits per heavy atom. The van der Waals surface area contributed by atoms with Gasteiger partial charge in [0, 0.05) is 5.75 Å². The van der Waals surface area contributed by atoms with Crippen LogP contribution in [0, 0.1) is 0 Å². The van der Waals surface area contributed by atoms with Gasteiger partial charge in [0.05, 0.1) is 5.88 Å². The van der Waals surface area contributed by atoms with Gasteiger partial charge in [-0.1, -0.05) is 6.07 Å². The average Bonchev–Trinajstić information content (AvgIpc) is 3.12. The maximum Gasteiger partial charge on any atom is 0.327 e. The van der Waals surface area contributed by atoms with Crippen LogP contribution in [0.15, 0.2) is 18.2 Å². The number of aryl methyl sites for hydroxylation is 2. The third-order valence-electron chi connectivity index (χ3n) is 3.92. The van der Waals surface area contributed by atoms with Crippen LogP contribution in [0.4, 0.5) is 0 Å². The van der Waals surface area contributed by atoms with Crippen molar-refractivity contribution in [1.29, 1.82) is 0 Å². The molecule has 1 aliphatic carbocycles. The molecule has 3 rings (SSSR count). The molecular formula is C15H17NO4S. The van der Waals surface area contributed by atoms with Gasteiger partial charge in [-0.05, 0) is 42.5 Å². The van der Waals surface area contributed by atoms with Crippen LogP contribution in [-0.4, -0.2) is 46.2 Å². The van der Waals surface area contributed by atoms with E-state index in [-0.39, 0.29) is 12.5 Å². The van der Waals surface area contributed by atoms with Gasteiger partial charge in [-0.3, -0.25) is 4.79 Å². The number of aliphatic carboxylic acids is 1. The van der Waals surface area contributed by atoms with E-state index in [2.05, 4.69) is 0 Å². The molecule has 1 aromatic carbocycles. The summed E-state index contributed by atoms with van der Waals surface area (Å²) in [4.78, 5) is 24.5. The highest BCUT2D eigenvalue weighted by Gasteiger charge is 2.34.